The van der Waals surface area contributed by atoms with Gasteiger partial charge in [0.15, 0.2) is 0 Å². The highest BCUT2D eigenvalue weighted by atomic mass is 19.1. The van der Waals surface area contributed by atoms with Crippen LogP contribution in [-0.4, -0.2) is 17.1 Å². The van der Waals surface area contributed by atoms with Crippen molar-refractivity contribution in [3.05, 3.63) is 89.5 Å². The van der Waals surface area contributed by atoms with Gasteiger partial charge in [0.25, 0.3) is 0 Å². The number of halogens is 2. The molecule has 5 heteroatoms. The summed E-state index contributed by atoms with van der Waals surface area (Å²) in [5, 5.41) is 11.0. The van der Waals surface area contributed by atoms with E-state index in [1.54, 1.807) is 6.08 Å². The first-order valence-electron chi connectivity index (χ1n) is 8.09. The minimum atomic E-state index is -1.14. The average Bonchev–Trinajstić information content (AvgIpc) is 2.62. The van der Waals surface area contributed by atoms with Gasteiger partial charge in [-0.05, 0) is 46.5 Å². The van der Waals surface area contributed by atoms with E-state index in [1.165, 1.54) is 12.1 Å². The molecular weight excluding hydrogens is 336 g/mol. The van der Waals surface area contributed by atoms with Crippen LogP contribution in [0.5, 0.6) is 0 Å². The van der Waals surface area contributed by atoms with E-state index < -0.39 is 23.6 Å². The lowest BCUT2D eigenvalue weighted by atomic mass is 9.93. The highest BCUT2D eigenvalue weighted by Crippen LogP contribution is 2.29. The Labute approximate surface area is 149 Å². The van der Waals surface area contributed by atoms with Crippen LogP contribution >= 0.6 is 0 Å². The van der Waals surface area contributed by atoms with Gasteiger partial charge in [-0.15, -0.1) is 0 Å². The van der Waals surface area contributed by atoms with Crippen LogP contribution in [0.15, 0.2) is 66.7 Å². The molecule has 26 heavy (non-hydrogen) atoms. The van der Waals surface area contributed by atoms with Crippen LogP contribution in [-0.2, 0) is 4.79 Å². The van der Waals surface area contributed by atoms with Gasteiger partial charge < -0.3 is 10.8 Å². The second-order valence-corrected chi connectivity index (χ2v) is 5.98. The third-order valence-corrected chi connectivity index (χ3v) is 4.17. The van der Waals surface area contributed by atoms with Crippen molar-refractivity contribution in [1.29, 1.82) is 0 Å². The molecule has 0 amide bonds. The number of hydrogen-bond donors (Lipinski definition) is 2. The minimum Gasteiger partial charge on any atom is -0.480 e. The minimum absolute atomic E-state index is 0.0221. The first-order chi connectivity index (χ1) is 12.5. The molecule has 3 nitrogen and oxygen atoms in total. The summed E-state index contributed by atoms with van der Waals surface area (Å²) in [4.78, 5) is 11.0. The fraction of sp³-hybridized carbons (Fsp3) is 0.0952. The van der Waals surface area contributed by atoms with E-state index in [0.717, 1.165) is 16.8 Å². The second kappa shape index (κ2) is 7.45. The molecule has 0 heterocycles. The molecule has 0 aromatic heterocycles. The van der Waals surface area contributed by atoms with Gasteiger partial charge in [0.1, 0.15) is 17.7 Å². The number of carboxylic acid groups (broad SMARTS) is 1. The monoisotopic (exact) mass is 353 g/mol. The predicted octanol–water partition coefficient (Wildman–Crippen LogP) is 4.35. The third-order valence-electron chi connectivity index (χ3n) is 4.17. The van der Waals surface area contributed by atoms with Gasteiger partial charge in [-0.2, -0.15) is 0 Å². The summed E-state index contributed by atoms with van der Waals surface area (Å²) in [6.45, 7) is 0. The second-order valence-electron chi connectivity index (χ2n) is 5.98. The molecule has 3 aromatic rings. The zero-order valence-electron chi connectivity index (χ0n) is 13.8. The fourth-order valence-corrected chi connectivity index (χ4v) is 2.79. The lowest BCUT2D eigenvalue weighted by Gasteiger charge is -2.12. The Kier molecular flexibility index (Phi) is 5.09. The number of hydrogen-bond acceptors (Lipinski definition) is 2. The van der Waals surface area contributed by atoms with Gasteiger partial charge in [-0.25, -0.2) is 8.78 Å². The Morgan fingerprint density at radius 2 is 1.77 bits per heavy atom. The zero-order chi connectivity index (χ0) is 18.7. The summed E-state index contributed by atoms with van der Waals surface area (Å²) in [7, 11) is 0. The predicted molar refractivity (Wildman–Crippen MR) is 97.6 cm³/mol. The van der Waals surface area contributed by atoms with Crippen LogP contribution in [0.2, 0.25) is 0 Å². The molecule has 0 spiro atoms. The van der Waals surface area contributed by atoms with Crippen LogP contribution in [0.1, 0.15) is 17.5 Å². The molecular formula is C21H17F2NO2. The average molecular weight is 353 g/mol. The van der Waals surface area contributed by atoms with E-state index in [1.807, 2.05) is 42.5 Å². The molecule has 0 aliphatic heterocycles. The van der Waals surface area contributed by atoms with Crippen molar-refractivity contribution in [3.63, 3.8) is 0 Å². The fourth-order valence-electron chi connectivity index (χ4n) is 2.79. The Balaban J connectivity index is 2.12. The summed E-state index contributed by atoms with van der Waals surface area (Å²) < 4.78 is 27.6. The molecule has 0 aliphatic rings. The number of benzene rings is 3. The largest absolute Gasteiger partial charge is 0.480 e. The molecule has 1 atom stereocenters. The van der Waals surface area contributed by atoms with E-state index in [0.29, 0.717) is 11.1 Å². The van der Waals surface area contributed by atoms with E-state index in [2.05, 4.69) is 0 Å². The van der Waals surface area contributed by atoms with Crippen molar-refractivity contribution < 1.29 is 18.7 Å². The quantitative estimate of drug-likeness (QED) is 0.717. The maximum atomic E-state index is 14.4. The van der Waals surface area contributed by atoms with Gasteiger partial charge >= 0.3 is 5.97 Å². The summed E-state index contributed by atoms with van der Waals surface area (Å²) in [5.41, 5.74) is 6.95. The Bertz CT molecular complexity index is 998. The topological polar surface area (TPSA) is 63.3 Å². The van der Waals surface area contributed by atoms with Crippen LogP contribution < -0.4 is 5.73 Å². The van der Waals surface area contributed by atoms with Crippen LogP contribution in [0, 0.1) is 11.6 Å². The number of nitrogens with two attached hydrogens (primary N) is 1. The van der Waals surface area contributed by atoms with Crippen molar-refractivity contribution in [1.82, 2.24) is 0 Å². The van der Waals surface area contributed by atoms with Crippen molar-refractivity contribution in [2.24, 2.45) is 5.73 Å². The molecule has 132 valence electrons. The smallest absolute Gasteiger partial charge is 0.320 e. The van der Waals surface area contributed by atoms with Crippen LogP contribution in [0.25, 0.3) is 16.3 Å². The van der Waals surface area contributed by atoms with Gasteiger partial charge in [-0.3, -0.25) is 4.79 Å². The molecule has 0 fully saturated rings. The number of aliphatic carboxylic acids is 1. The van der Waals surface area contributed by atoms with Gasteiger partial charge in [0, 0.05) is 11.6 Å². The van der Waals surface area contributed by atoms with Gasteiger partial charge in [0.05, 0.1) is 0 Å². The highest BCUT2D eigenvalue weighted by Gasteiger charge is 2.15. The molecule has 0 saturated carbocycles. The van der Waals surface area contributed by atoms with Crippen molar-refractivity contribution >= 4 is 22.3 Å². The number of fused-ring (bicyclic) bond motifs is 1. The zero-order valence-corrected chi connectivity index (χ0v) is 13.8. The third kappa shape index (κ3) is 3.78. The normalized spacial score (nSPS) is 13.0. The van der Waals surface area contributed by atoms with Crippen LogP contribution in [0.3, 0.4) is 0 Å². The number of carbonyl (C=O) groups is 1. The summed E-state index contributed by atoms with van der Waals surface area (Å²) in [6.07, 6.45) is 1.60. The van der Waals surface area contributed by atoms with Crippen molar-refractivity contribution in [2.45, 2.75) is 12.5 Å². The first-order valence-corrected chi connectivity index (χ1v) is 8.09. The maximum absolute atomic E-state index is 14.4. The molecule has 0 radical (unpaired) electrons. The van der Waals surface area contributed by atoms with Crippen molar-refractivity contribution in [3.8, 4) is 0 Å². The molecule has 3 aromatic carbocycles. The summed E-state index contributed by atoms with van der Waals surface area (Å²) >= 11 is 0. The molecule has 0 unspecified atom stereocenters. The van der Waals surface area contributed by atoms with Gasteiger partial charge in [-0.1, -0.05) is 42.5 Å². The lowest BCUT2D eigenvalue weighted by molar-refractivity contribution is -0.138. The lowest BCUT2D eigenvalue weighted by Crippen LogP contribution is -2.29. The Morgan fingerprint density at radius 3 is 2.46 bits per heavy atom. The standard InChI is InChI=1S/C21H17F2NO2/c22-16-7-8-18(19(23)12-16)17(9-10-20(24)21(25)26)15-6-5-13-3-1-2-4-14(13)11-15/h1-9,11-12,20H,10,24H2,(H,25,26)/b17-9+/t20-/m0/s1. The Morgan fingerprint density at radius 1 is 1.04 bits per heavy atom. The maximum Gasteiger partial charge on any atom is 0.320 e. The van der Waals surface area contributed by atoms with E-state index in [-0.39, 0.29) is 12.0 Å². The first kappa shape index (κ1) is 17.8. The molecule has 3 rings (SSSR count). The van der Waals surface area contributed by atoms with Crippen molar-refractivity contribution in [2.75, 3.05) is 0 Å². The molecule has 0 bridgehead atoms. The van der Waals surface area contributed by atoms with Crippen LogP contribution in [0.4, 0.5) is 8.78 Å². The summed E-state index contributed by atoms with van der Waals surface area (Å²) in [5.74, 6) is -2.53. The highest BCUT2D eigenvalue weighted by molar-refractivity contribution is 5.89. The van der Waals surface area contributed by atoms with E-state index in [4.69, 9.17) is 10.8 Å². The molecule has 0 saturated heterocycles. The molecule has 0 aliphatic carbocycles. The SMILES string of the molecule is N[C@@H](C/C=C(\c1ccc2ccccc2c1)c1ccc(F)cc1F)C(=O)O. The number of rotatable bonds is 5. The summed E-state index contributed by atoms with van der Waals surface area (Å²) in [6, 6.07) is 15.5. The van der Waals surface area contributed by atoms with E-state index >= 15 is 0 Å². The molecule has 3 N–H and O–H groups in total. The van der Waals surface area contributed by atoms with Gasteiger partial charge in [0.2, 0.25) is 0 Å². The van der Waals surface area contributed by atoms with E-state index in [9.17, 15) is 13.6 Å². The Hall–Kier alpha value is -3.05. The number of carboxylic acids is 1.